The lowest BCUT2D eigenvalue weighted by molar-refractivity contribution is 0.281. The Bertz CT molecular complexity index is 525. The van der Waals surface area contributed by atoms with E-state index in [1.807, 2.05) is 0 Å². The summed E-state index contributed by atoms with van der Waals surface area (Å²) in [4.78, 5) is 0.272. The second kappa shape index (κ2) is 6.70. The van der Waals surface area contributed by atoms with Gasteiger partial charge in [-0.15, -0.1) is 0 Å². The summed E-state index contributed by atoms with van der Waals surface area (Å²) in [5.74, 6) is 0.633. The Morgan fingerprint density at radius 3 is 2.55 bits per heavy atom. The summed E-state index contributed by atoms with van der Waals surface area (Å²) < 4.78 is 27.5. The van der Waals surface area contributed by atoms with Gasteiger partial charge in [0.25, 0.3) is 0 Å². The smallest absolute Gasteiger partial charge is 0.240 e. The van der Waals surface area contributed by atoms with Gasteiger partial charge in [0.1, 0.15) is 0 Å². The van der Waals surface area contributed by atoms with E-state index in [4.69, 9.17) is 5.11 Å². The van der Waals surface area contributed by atoms with Crippen LogP contribution in [0.5, 0.6) is 0 Å². The van der Waals surface area contributed by atoms with Gasteiger partial charge >= 0.3 is 0 Å². The van der Waals surface area contributed by atoms with Crippen LogP contribution in [-0.2, 0) is 16.6 Å². The third kappa shape index (κ3) is 3.81. The third-order valence-electron chi connectivity index (χ3n) is 4.10. The van der Waals surface area contributed by atoms with Crippen molar-refractivity contribution in [3.63, 3.8) is 0 Å². The van der Waals surface area contributed by atoms with E-state index in [0.717, 1.165) is 25.7 Å². The molecule has 0 aliphatic heterocycles. The predicted octanol–water partition coefficient (Wildman–Crippen LogP) is 2.43. The largest absolute Gasteiger partial charge is 0.392 e. The van der Waals surface area contributed by atoms with Gasteiger partial charge in [-0.3, -0.25) is 0 Å². The molecule has 2 atom stereocenters. The van der Waals surface area contributed by atoms with Crippen LogP contribution in [0.2, 0.25) is 0 Å². The molecule has 5 heteroatoms. The summed E-state index contributed by atoms with van der Waals surface area (Å²) in [5, 5.41) is 8.98. The highest BCUT2D eigenvalue weighted by Gasteiger charge is 2.25. The minimum absolute atomic E-state index is 0.0521. The maximum Gasteiger partial charge on any atom is 0.240 e. The Hall–Kier alpha value is -0.910. The lowest BCUT2D eigenvalue weighted by Crippen LogP contribution is -2.38. The molecular weight excluding hydrogens is 274 g/mol. The summed E-state index contributed by atoms with van der Waals surface area (Å²) in [6.07, 6.45) is 5.27. The van der Waals surface area contributed by atoms with Gasteiger partial charge in [-0.05, 0) is 36.5 Å². The first-order chi connectivity index (χ1) is 9.55. The van der Waals surface area contributed by atoms with E-state index in [2.05, 4.69) is 11.6 Å². The zero-order valence-corrected chi connectivity index (χ0v) is 12.7. The number of hydrogen-bond acceptors (Lipinski definition) is 3. The number of aliphatic hydroxyl groups excluding tert-OH is 1. The second-order valence-electron chi connectivity index (χ2n) is 5.56. The zero-order chi connectivity index (χ0) is 14.6. The maximum absolute atomic E-state index is 12.3. The highest BCUT2D eigenvalue weighted by atomic mass is 32.2. The fourth-order valence-electron chi connectivity index (χ4n) is 2.83. The highest BCUT2D eigenvalue weighted by Crippen LogP contribution is 2.27. The number of rotatable bonds is 5. The van der Waals surface area contributed by atoms with Gasteiger partial charge < -0.3 is 5.11 Å². The third-order valence-corrected chi connectivity index (χ3v) is 5.63. The summed E-state index contributed by atoms with van der Waals surface area (Å²) in [6.45, 7) is 2.09. The molecule has 1 fully saturated rings. The number of aliphatic hydroxyl groups is 1. The van der Waals surface area contributed by atoms with Crippen LogP contribution in [0.25, 0.3) is 0 Å². The molecule has 0 heterocycles. The first-order valence-electron chi connectivity index (χ1n) is 7.27. The van der Waals surface area contributed by atoms with Crippen molar-refractivity contribution in [2.45, 2.75) is 56.6 Å². The fraction of sp³-hybridized carbons (Fsp3) is 0.600. The number of sulfonamides is 1. The molecule has 2 N–H and O–H groups in total. The molecule has 1 aromatic rings. The number of nitrogens with one attached hydrogen (secondary N) is 1. The van der Waals surface area contributed by atoms with Crippen molar-refractivity contribution in [2.75, 3.05) is 0 Å². The molecule has 2 unspecified atom stereocenters. The Morgan fingerprint density at radius 2 is 1.95 bits per heavy atom. The molecule has 0 spiro atoms. The highest BCUT2D eigenvalue weighted by molar-refractivity contribution is 7.89. The van der Waals surface area contributed by atoms with Gasteiger partial charge in [0, 0.05) is 6.04 Å². The van der Waals surface area contributed by atoms with Crippen LogP contribution < -0.4 is 4.72 Å². The Labute approximate surface area is 121 Å². The molecule has 4 nitrogen and oxygen atoms in total. The number of hydrogen-bond donors (Lipinski definition) is 2. The van der Waals surface area contributed by atoms with Crippen molar-refractivity contribution in [3.05, 3.63) is 29.8 Å². The predicted molar refractivity (Wildman–Crippen MR) is 78.7 cm³/mol. The molecule has 0 aromatic heterocycles. The van der Waals surface area contributed by atoms with Gasteiger partial charge in [-0.1, -0.05) is 38.3 Å². The van der Waals surface area contributed by atoms with Crippen molar-refractivity contribution in [1.82, 2.24) is 4.72 Å². The van der Waals surface area contributed by atoms with E-state index >= 15 is 0 Å². The molecule has 1 aliphatic carbocycles. The van der Waals surface area contributed by atoms with Crippen molar-refractivity contribution in [2.24, 2.45) is 5.92 Å². The van der Waals surface area contributed by atoms with Crippen LogP contribution in [0.1, 0.15) is 44.6 Å². The lowest BCUT2D eigenvalue weighted by atomic mass is 9.85. The molecule has 112 valence electrons. The van der Waals surface area contributed by atoms with Gasteiger partial charge in [-0.25, -0.2) is 13.1 Å². The van der Waals surface area contributed by atoms with E-state index in [9.17, 15) is 8.42 Å². The zero-order valence-electron chi connectivity index (χ0n) is 11.9. The molecular formula is C15H23NO3S. The fourth-order valence-corrected chi connectivity index (χ4v) is 4.11. The summed E-state index contributed by atoms with van der Waals surface area (Å²) in [7, 11) is -3.45. The van der Waals surface area contributed by atoms with Gasteiger partial charge in [0.2, 0.25) is 10.0 Å². The van der Waals surface area contributed by atoms with Crippen LogP contribution in [0.3, 0.4) is 0 Å². The lowest BCUT2D eigenvalue weighted by Gasteiger charge is -2.28. The first-order valence-corrected chi connectivity index (χ1v) is 8.75. The molecule has 1 saturated carbocycles. The van der Waals surface area contributed by atoms with E-state index in [1.54, 1.807) is 24.3 Å². The SMILES string of the molecule is CCC1CCCC(NS(=O)(=O)c2ccc(CO)cc2)C1. The van der Waals surface area contributed by atoms with Gasteiger partial charge in [0.15, 0.2) is 0 Å². The molecule has 0 radical (unpaired) electrons. The molecule has 0 bridgehead atoms. The Balaban J connectivity index is 2.06. The average Bonchev–Trinajstić information content (AvgIpc) is 2.47. The molecule has 1 aliphatic rings. The van der Waals surface area contributed by atoms with Crippen molar-refractivity contribution in [3.8, 4) is 0 Å². The maximum atomic E-state index is 12.3. The van der Waals surface area contributed by atoms with Crippen molar-refractivity contribution >= 4 is 10.0 Å². The monoisotopic (exact) mass is 297 g/mol. The van der Waals surface area contributed by atoms with E-state index in [1.165, 1.54) is 6.42 Å². The van der Waals surface area contributed by atoms with Crippen LogP contribution in [0, 0.1) is 5.92 Å². The Kier molecular flexibility index (Phi) is 5.18. The van der Waals surface area contributed by atoms with Crippen molar-refractivity contribution < 1.29 is 13.5 Å². The standard InChI is InChI=1S/C15H23NO3S/c1-2-12-4-3-5-14(10-12)16-20(18,19)15-8-6-13(11-17)7-9-15/h6-9,12,14,16-17H,2-5,10-11H2,1H3. The molecule has 0 amide bonds. The average molecular weight is 297 g/mol. The summed E-state index contributed by atoms with van der Waals surface area (Å²) >= 11 is 0. The minimum atomic E-state index is -3.45. The van der Waals surface area contributed by atoms with Crippen LogP contribution >= 0.6 is 0 Å². The molecule has 2 rings (SSSR count). The molecule has 20 heavy (non-hydrogen) atoms. The van der Waals surface area contributed by atoms with Gasteiger partial charge in [0.05, 0.1) is 11.5 Å². The minimum Gasteiger partial charge on any atom is -0.392 e. The van der Waals surface area contributed by atoms with E-state index < -0.39 is 10.0 Å². The van der Waals surface area contributed by atoms with E-state index in [-0.39, 0.29) is 17.5 Å². The number of benzene rings is 1. The topological polar surface area (TPSA) is 66.4 Å². The van der Waals surface area contributed by atoms with Crippen LogP contribution in [0.15, 0.2) is 29.2 Å². The first kappa shape index (κ1) is 15.5. The molecule has 0 saturated heterocycles. The van der Waals surface area contributed by atoms with E-state index in [0.29, 0.717) is 11.5 Å². The van der Waals surface area contributed by atoms with Crippen LogP contribution in [0.4, 0.5) is 0 Å². The van der Waals surface area contributed by atoms with Gasteiger partial charge in [-0.2, -0.15) is 0 Å². The summed E-state index contributed by atoms with van der Waals surface area (Å²) in [5.41, 5.74) is 0.715. The van der Waals surface area contributed by atoms with Crippen LogP contribution in [-0.4, -0.2) is 19.6 Å². The Morgan fingerprint density at radius 1 is 1.25 bits per heavy atom. The second-order valence-corrected chi connectivity index (χ2v) is 7.28. The summed E-state index contributed by atoms with van der Waals surface area (Å²) in [6, 6.07) is 6.44. The quantitative estimate of drug-likeness (QED) is 0.877. The normalized spacial score (nSPS) is 23.7. The van der Waals surface area contributed by atoms with Crippen molar-refractivity contribution in [1.29, 1.82) is 0 Å². The molecule has 1 aromatic carbocycles.